The van der Waals surface area contributed by atoms with Crippen LogP contribution in [0.2, 0.25) is 0 Å². The predicted molar refractivity (Wildman–Crippen MR) is 107 cm³/mol. The number of hydrogen-bond acceptors (Lipinski definition) is 2. The van der Waals surface area contributed by atoms with Crippen molar-refractivity contribution in [2.75, 3.05) is 25.0 Å². The van der Waals surface area contributed by atoms with Gasteiger partial charge >= 0.3 is 0 Å². The second-order valence-corrected chi connectivity index (χ2v) is 8.95. The number of hydrogen-bond donors (Lipinski definition) is 1. The molecule has 0 bridgehead atoms. The van der Waals surface area contributed by atoms with Crippen molar-refractivity contribution in [3.05, 3.63) is 29.3 Å². The van der Waals surface area contributed by atoms with Gasteiger partial charge in [0, 0.05) is 18.3 Å². The zero-order chi connectivity index (χ0) is 17.1. The highest BCUT2D eigenvalue weighted by Gasteiger charge is 2.41. The van der Waals surface area contributed by atoms with Gasteiger partial charge < -0.3 is 10.2 Å². The van der Waals surface area contributed by atoms with Gasteiger partial charge in [0.25, 0.3) is 0 Å². The number of fused-ring (bicyclic) bond motifs is 1. The average Bonchev–Trinajstić information content (AvgIpc) is 3.27. The van der Waals surface area contributed by atoms with Gasteiger partial charge in [-0.15, -0.1) is 0 Å². The van der Waals surface area contributed by atoms with E-state index in [0.29, 0.717) is 5.41 Å². The monoisotopic (exact) mass is 340 g/mol. The van der Waals surface area contributed by atoms with Crippen molar-refractivity contribution in [3.8, 4) is 0 Å². The summed E-state index contributed by atoms with van der Waals surface area (Å²) < 4.78 is 0. The highest BCUT2D eigenvalue weighted by Crippen LogP contribution is 2.48. The summed E-state index contributed by atoms with van der Waals surface area (Å²) in [5.41, 5.74) is 5.22. The van der Waals surface area contributed by atoms with Gasteiger partial charge in [-0.05, 0) is 99.6 Å². The van der Waals surface area contributed by atoms with E-state index in [-0.39, 0.29) is 0 Å². The topological polar surface area (TPSA) is 15.3 Å². The molecule has 1 aromatic carbocycles. The fourth-order valence-corrected chi connectivity index (χ4v) is 5.59. The third-order valence-electron chi connectivity index (χ3n) is 7.12. The summed E-state index contributed by atoms with van der Waals surface area (Å²) in [4.78, 5) is 2.79. The molecule has 1 aliphatic heterocycles. The van der Waals surface area contributed by atoms with Crippen LogP contribution in [-0.4, -0.2) is 30.6 Å². The van der Waals surface area contributed by atoms with Crippen LogP contribution < -0.4 is 5.32 Å². The van der Waals surface area contributed by atoms with Gasteiger partial charge in [0.15, 0.2) is 0 Å². The van der Waals surface area contributed by atoms with Crippen LogP contribution in [0.15, 0.2) is 18.2 Å². The summed E-state index contributed by atoms with van der Waals surface area (Å²) in [5, 5.41) is 3.64. The third kappa shape index (κ3) is 3.89. The largest absolute Gasteiger partial charge is 0.385 e. The number of anilines is 1. The number of nitrogens with one attached hydrogen (secondary N) is 1. The van der Waals surface area contributed by atoms with Gasteiger partial charge in [0.05, 0.1) is 0 Å². The van der Waals surface area contributed by atoms with E-state index < -0.39 is 0 Å². The van der Waals surface area contributed by atoms with E-state index in [4.69, 9.17) is 0 Å². The molecule has 3 aliphatic rings. The molecule has 2 fully saturated rings. The van der Waals surface area contributed by atoms with Gasteiger partial charge in [0.1, 0.15) is 0 Å². The van der Waals surface area contributed by atoms with Crippen molar-refractivity contribution in [2.24, 2.45) is 5.41 Å². The summed E-state index contributed by atoms with van der Waals surface area (Å²) in [5.74, 6) is 0. The number of nitrogens with zero attached hydrogens (tertiary/aromatic N) is 1. The van der Waals surface area contributed by atoms with Crippen LogP contribution in [0, 0.1) is 5.41 Å². The molecule has 2 nitrogen and oxygen atoms in total. The van der Waals surface area contributed by atoms with Gasteiger partial charge in [-0.1, -0.05) is 25.8 Å². The fraction of sp³-hybridized carbons (Fsp3) is 0.739. The van der Waals surface area contributed by atoms with Crippen molar-refractivity contribution < 1.29 is 0 Å². The number of unbranched alkanes of at least 4 members (excludes halogenated alkanes) is 2. The Morgan fingerprint density at radius 3 is 2.56 bits per heavy atom. The molecule has 1 saturated carbocycles. The van der Waals surface area contributed by atoms with E-state index >= 15 is 0 Å². The highest BCUT2D eigenvalue weighted by atomic mass is 15.2. The predicted octanol–water partition coefficient (Wildman–Crippen LogP) is 5.41. The average molecular weight is 341 g/mol. The molecule has 2 heteroatoms. The molecule has 0 aromatic heterocycles. The summed E-state index contributed by atoms with van der Waals surface area (Å²) in [6.45, 7) is 6.12. The Hall–Kier alpha value is -1.02. The first-order valence-electron chi connectivity index (χ1n) is 10.9. The molecule has 0 radical (unpaired) electrons. The van der Waals surface area contributed by atoms with Crippen molar-refractivity contribution in [1.29, 1.82) is 0 Å². The molecular formula is C23H36N2. The van der Waals surface area contributed by atoms with Crippen molar-refractivity contribution in [2.45, 2.75) is 83.6 Å². The Morgan fingerprint density at radius 2 is 1.80 bits per heavy atom. The lowest BCUT2D eigenvalue weighted by atomic mass is 9.70. The number of benzene rings is 1. The van der Waals surface area contributed by atoms with E-state index in [1.807, 2.05) is 0 Å². The van der Waals surface area contributed by atoms with E-state index in [0.717, 1.165) is 12.6 Å². The van der Waals surface area contributed by atoms with Crippen LogP contribution in [0.3, 0.4) is 0 Å². The lowest BCUT2D eigenvalue weighted by Crippen LogP contribution is -2.39. The molecule has 1 heterocycles. The van der Waals surface area contributed by atoms with Gasteiger partial charge in [-0.25, -0.2) is 0 Å². The Balaban J connectivity index is 1.33. The fourth-order valence-electron chi connectivity index (χ4n) is 5.59. The van der Waals surface area contributed by atoms with Crippen LogP contribution in [0.25, 0.3) is 0 Å². The molecule has 138 valence electrons. The Bertz CT molecular complexity index is 565. The quantitative estimate of drug-likeness (QED) is 0.696. The smallest absolute Gasteiger partial charge is 0.0343 e. The summed E-state index contributed by atoms with van der Waals surface area (Å²) in [6, 6.07) is 8.09. The van der Waals surface area contributed by atoms with Crippen molar-refractivity contribution in [1.82, 2.24) is 4.90 Å². The summed E-state index contributed by atoms with van der Waals surface area (Å²) >= 11 is 0. The Labute approximate surface area is 154 Å². The van der Waals surface area contributed by atoms with E-state index in [9.17, 15) is 0 Å². The molecule has 0 atom stereocenters. The molecule has 2 aliphatic carbocycles. The maximum Gasteiger partial charge on any atom is 0.0343 e. The van der Waals surface area contributed by atoms with Gasteiger partial charge in [-0.3, -0.25) is 0 Å². The van der Waals surface area contributed by atoms with Gasteiger partial charge in [0.2, 0.25) is 0 Å². The molecule has 1 N–H and O–H groups in total. The molecular weight excluding hydrogens is 304 g/mol. The first kappa shape index (κ1) is 17.4. The number of likely N-dealkylation sites (tertiary alicyclic amines) is 1. The molecule has 1 saturated heterocycles. The van der Waals surface area contributed by atoms with E-state index in [1.165, 1.54) is 89.4 Å². The Kier molecular flexibility index (Phi) is 5.36. The van der Waals surface area contributed by atoms with Crippen molar-refractivity contribution in [3.63, 3.8) is 0 Å². The van der Waals surface area contributed by atoms with Crippen LogP contribution in [0.4, 0.5) is 5.69 Å². The summed E-state index contributed by atoms with van der Waals surface area (Å²) in [7, 11) is 0. The molecule has 1 aromatic rings. The SMILES string of the molecule is CCCCCNc1ccc2c(c1)CC1(CCC(N3CCCC3)CC1)C2. The second kappa shape index (κ2) is 7.70. The summed E-state index contributed by atoms with van der Waals surface area (Å²) in [6.07, 6.45) is 15.2. The molecule has 0 unspecified atom stereocenters. The lowest BCUT2D eigenvalue weighted by Gasteiger charge is -2.40. The lowest BCUT2D eigenvalue weighted by molar-refractivity contribution is 0.109. The molecule has 1 spiro atoms. The number of rotatable bonds is 6. The van der Waals surface area contributed by atoms with E-state index in [1.54, 1.807) is 11.1 Å². The van der Waals surface area contributed by atoms with Crippen molar-refractivity contribution >= 4 is 5.69 Å². The minimum atomic E-state index is 0.597. The third-order valence-corrected chi connectivity index (χ3v) is 7.12. The van der Waals surface area contributed by atoms with Gasteiger partial charge in [-0.2, -0.15) is 0 Å². The first-order chi connectivity index (χ1) is 12.3. The minimum absolute atomic E-state index is 0.597. The standard InChI is InChI=1S/C23H36N2/c1-2-3-4-13-24-21-8-7-19-17-23(18-20(19)16-21)11-9-22(10-12-23)25-14-5-6-15-25/h7-8,16,22,24H,2-6,9-15,17-18H2,1H3. The Morgan fingerprint density at radius 1 is 1.04 bits per heavy atom. The second-order valence-electron chi connectivity index (χ2n) is 8.95. The van der Waals surface area contributed by atoms with Crippen LogP contribution in [0.5, 0.6) is 0 Å². The molecule has 0 amide bonds. The molecule has 4 rings (SSSR count). The normalized spacial score (nSPS) is 29.2. The van der Waals surface area contributed by atoms with E-state index in [2.05, 4.69) is 35.3 Å². The highest BCUT2D eigenvalue weighted by molar-refractivity contribution is 5.51. The van der Waals surface area contributed by atoms with Crippen LogP contribution in [-0.2, 0) is 12.8 Å². The first-order valence-corrected chi connectivity index (χ1v) is 10.9. The zero-order valence-electron chi connectivity index (χ0n) is 16.2. The maximum absolute atomic E-state index is 3.64. The minimum Gasteiger partial charge on any atom is -0.385 e. The van der Waals surface area contributed by atoms with Crippen LogP contribution in [0.1, 0.15) is 75.8 Å². The molecule has 25 heavy (non-hydrogen) atoms. The maximum atomic E-state index is 3.64. The zero-order valence-corrected chi connectivity index (χ0v) is 16.2. The van der Waals surface area contributed by atoms with Crippen LogP contribution >= 0.6 is 0 Å².